The van der Waals surface area contributed by atoms with Gasteiger partial charge < -0.3 is 15.7 Å². The molecule has 0 bridgehead atoms. The number of aliphatic hydroxyl groups excluding tert-OH is 1. The van der Waals surface area contributed by atoms with E-state index < -0.39 is 16.4 Å². The molecule has 192 valence electrons. The number of nitrogens with two attached hydrogens (primary N) is 1. The lowest BCUT2D eigenvalue weighted by molar-refractivity contribution is 0.100. The summed E-state index contributed by atoms with van der Waals surface area (Å²) in [6.45, 7) is 1.86. The predicted octanol–water partition coefficient (Wildman–Crippen LogP) is 0.932. The number of benzene rings is 1. The first kappa shape index (κ1) is 23.7. The molecule has 12 nitrogen and oxygen atoms in total. The molecule has 3 heterocycles. The lowest BCUT2D eigenvalue weighted by Crippen LogP contribution is -2.38. The first-order chi connectivity index (χ1) is 17.3. The minimum absolute atomic E-state index is 0.107. The molecule has 3 unspecified atom stereocenters. The molecule has 36 heavy (non-hydrogen) atoms. The third kappa shape index (κ3) is 4.24. The molecule has 13 heteroatoms. The number of hydrogen-bond acceptors (Lipinski definition) is 10. The van der Waals surface area contributed by atoms with E-state index >= 15 is 0 Å². The number of rotatable bonds is 6. The van der Waals surface area contributed by atoms with E-state index in [-0.39, 0.29) is 30.0 Å². The van der Waals surface area contributed by atoms with Crippen molar-refractivity contribution in [1.29, 1.82) is 0 Å². The average molecular weight is 515 g/mol. The number of hydrogen-bond donors (Lipinski definition) is 4. The largest absolute Gasteiger partial charge is 0.393 e. The Morgan fingerprint density at radius 3 is 2.83 bits per heavy atom. The van der Waals surface area contributed by atoms with Crippen LogP contribution in [0.2, 0.25) is 0 Å². The van der Waals surface area contributed by atoms with Crippen LogP contribution >= 0.6 is 0 Å². The van der Waals surface area contributed by atoms with Crippen LogP contribution in [0.5, 0.6) is 0 Å². The molecule has 3 aromatic rings. The van der Waals surface area contributed by atoms with Gasteiger partial charge in [0.25, 0.3) is 0 Å². The average Bonchev–Trinajstić information content (AvgIpc) is 3.53. The van der Waals surface area contributed by atoms with E-state index in [1.54, 1.807) is 4.68 Å². The Hall–Kier alpha value is -2.71. The smallest absolute Gasteiger partial charge is 0.333 e. The second-order valence-corrected chi connectivity index (χ2v) is 11.4. The van der Waals surface area contributed by atoms with Crippen molar-refractivity contribution in [3.05, 3.63) is 41.7 Å². The van der Waals surface area contributed by atoms with E-state index in [2.05, 4.69) is 55.2 Å². The third-order valence-electron chi connectivity index (χ3n) is 8.06. The summed E-state index contributed by atoms with van der Waals surface area (Å²) in [6.07, 6.45) is 4.82. The maximum absolute atomic E-state index is 11.2. The third-order valence-corrected chi connectivity index (χ3v) is 8.52. The second kappa shape index (κ2) is 8.99. The summed E-state index contributed by atoms with van der Waals surface area (Å²) >= 11 is 0. The molecule has 1 saturated heterocycles. The Morgan fingerprint density at radius 1 is 1.22 bits per heavy atom. The summed E-state index contributed by atoms with van der Waals surface area (Å²) in [7, 11) is -4.07. The molecule has 1 aromatic carbocycles. The van der Waals surface area contributed by atoms with E-state index in [1.165, 1.54) is 17.5 Å². The molecule has 4 atom stereocenters. The van der Waals surface area contributed by atoms with Crippen LogP contribution < -0.4 is 15.8 Å². The number of fused-ring (bicyclic) bond motifs is 3. The molecule has 0 radical (unpaired) electrons. The van der Waals surface area contributed by atoms with Gasteiger partial charge in [-0.1, -0.05) is 29.5 Å². The maximum Gasteiger partial charge on any atom is 0.333 e. The molecular weight excluding hydrogens is 484 g/mol. The molecule has 1 aliphatic heterocycles. The first-order valence-electron chi connectivity index (χ1n) is 12.3. The molecule has 1 saturated carbocycles. The number of nitrogens with one attached hydrogen (secondary N) is 2. The fourth-order valence-corrected chi connectivity index (χ4v) is 6.68. The van der Waals surface area contributed by atoms with Crippen molar-refractivity contribution in [2.75, 3.05) is 25.0 Å². The van der Waals surface area contributed by atoms with Gasteiger partial charge in [-0.15, -0.1) is 5.10 Å². The normalized spacial score (nSPS) is 27.5. The van der Waals surface area contributed by atoms with Crippen LogP contribution in [0.4, 0.5) is 5.82 Å². The van der Waals surface area contributed by atoms with Crippen LogP contribution in [0.1, 0.15) is 55.3 Å². The molecule has 2 aromatic heterocycles. The van der Waals surface area contributed by atoms with E-state index in [4.69, 9.17) is 9.32 Å². The number of aliphatic hydroxyl groups is 1. The van der Waals surface area contributed by atoms with Gasteiger partial charge in [0.2, 0.25) is 0 Å². The van der Waals surface area contributed by atoms with E-state index in [1.807, 2.05) is 0 Å². The number of piperidine rings is 1. The quantitative estimate of drug-likeness (QED) is 0.371. The minimum atomic E-state index is -4.07. The predicted molar refractivity (Wildman–Crippen MR) is 131 cm³/mol. The van der Waals surface area contributed by atoms with Gasteiger partial charge in [-0.25, -0.2) is 19.8 Å². The summed E-state index contributed by atoms with van der Waals surface area (Å²) in [5.41, 5.74) is 4.03. The van der Waals surface area contributed by atoms with Crippen LogP contribution in [0.15, 0.2) is 30.6 Å². The van der Waals surface area contributed by atoms with Crippen LogP contribution in [0.3, 0.4) is 0 Å². The number of nitrogens with zero attached hydrogens (tertiary/aromatic N) is 5. The highest BCUT2D eigenvalue weighted by Gasteiger charge is 2.44. The van der Waals surface area contributed by atoms with Crippen molar-refractivity contribution in [2.24, 2.45) is 11.1 Å². The van der Waals surface area contributed by atoms with E-state index in [9.17, 15) is 13.5 Å². The van der Waals surface area contributed by atoms with Crippen molar-refractivity contribution >= 4 is 27.3 Å². The first-order valence-corrected chi connectivity index (χ1v) is 13.8. The molecule has 5 N–H and O–H groups in total. The zero-order chi connectivity index (χ0) is 24.9. The van der Waals surface area contributed by atoms with Crippen molar-refractivity contribution in [1.82, 2.24) is 30.3 Å². The van der Waals surface area contributed by atoms with Gasteiger partial charge in [0.15, 0.2) is 17.0 Å². The minimum Gasteiger partial charge on any atom is -0.393 e. The Bertz CT molecular complexity index is 1370. The number of aromatic nitrogens is 5. The Kier molecular flexibility index (Phi) is 5.91. The summed E-state index contributed by atoms with van der Waals surface area (Å²) in [6, 6.07) is 8.57. The Labute approximate surface area is 208 Å². The zero-order valence-corrected chi connectivity index (χ0v) is 20.6. The molecule has 2 fully saturated rings. The highest BCUT2D eigenvalue weighted by molar-refractivity contribution is 7.84. The number of anilines is 1. The van der Waals surface area contributed by atoms with Crippen LogP contribution in [0.25, 0.3) is 11.2 Å². The van der Waals surface area contributed by atoms with Crippen molar-refractivity contribution in [3.63, 3.8) is 0 Å². The molecule has 6 rings (SSSR count). The summed E-state index contributed by atoms with van der Waals surface area (Å²) < 4.78 is 28.7. The molecule has 2 aliphatic carbocycles. The van der Waals surface area contributed by atoms with E-state index in [0.717, 1.165) is 32.4 Å². The van der Waals surface area contributed by atoms with Crippen molar-refractivity contribution in [2.45, 2.75) is 55.7 Å². The van der Waals surface area contributed by atoms with Gasteiger partial charge >= 0.3 is 10.3 Å². The van der Waals surface area contributed by atoms with Gasteiger partial charge in [0.05, 0.1) is 24.8 Å². The molecule has 0 amide bonds. The lowest BCUT2D eigenvalue weighted by atomic mass is 9.74. The van der Waals surface area contributed by atoms with Crippen molar-refractivity contribution < 1.29 is 17.7 Å². The lowest BCUT2D eigenvalue weighted by Gasteiger charge is -2.35. The fourth-order valence-electron chi connectivity index (χ4n) is 6.32. The maximum atomic E-state index is 11.2. The van der Waals surface area contributed by atoms with Gasteiger partial charge in [0.1, 0.15) is 6.33 Å². The topological polar surface area (TPSA) is 170 Å². The van der Waals surface area contributed by atoms with Gasteiger partial charge in [-0.3, -0.25) is 4.18 Å². The monoisotopic (exact) mass is 514 g/mol. The summed E-state index contributed by atoms with van der Waals surface area (Å²) in [5, 5.41) is 31.2. The van der Waals surface area contributed by atoms with Crippen LogP contribution in [0, 0.1) is 5.92 Å². The van der Waals surface area contributed by atoms with Gasteiger partial charge in [-0.2, -0.15) is 8.42 Å². The molecular formula is C23H30N8O4S. The summed E-state index contributed by atoms with van der Waals surface area (Å²) in [4.78, 5) is 8.94. The molecule has 3 aliphatic rings. The van der Waals surface area contributed by atoms with Gasteiger partial charge in [-0.05, 0) is 56.3 Å². The highest BCUT2D eigenvalue weighted by Crippen LogP contribution is 2.51. The SMILES string of the molecule is NS(=O)(=O)OCC1CC(n2nnc3c(N[C@H]4CC5(CCNCC5)c5ccccc54)ncnc32)CC1O. The summed E-state index contributed by atoms with van der Waals surface area (Å²) in [5.74, 6) is 0.243. The van der Waals surface area contributed by atoms with E-state index in [0.29, 0.717) is 29.8 Å². The zero-order valence-electron chi connectivity index (χ0n) is 19.7. The Morgan fingerprint density at radius 2 is 2.03 bits per heavy atom. The standard InChI is InChI=1S/C23H30N8O4S/c24-36(33,34)35-12-14-9-15(10-19(14)32)31-22-20(29-30-31)21(26-13-27-22)28-18-11-23(5-7-25-8-6-23)17-4-2-1-3-16(17)18/h1-4,13-15,18-19,25,32H,5-12H2,(H2,24,33,34)(H,26,27,28)/t14?,15?,18-,19?/m0/s1. The highest BCUT2D eigenvalue weighted by atomic mass is 32.2. The second-order valence-electron chi connectivity index (χ2n) is 10.2. The fraction of sp³-hybridized carbons (Fsp3) is 0.565. The molecule has 1 spiro atoms. The van der Waals surface area contributed by atoms with Crippen LogP contribution in [-0.2, 0) is 19.9 Å². The van der Waals surface area contributed by atoms with Crippen LogP contribution in [-0.4, -0.2) is 64.3 Å². The van der Waals surface area contributed by atoms with Gasteiger partial charge in [0, 0.05) is 11.3 Å². The van der Waals surface area contributed by atoms with Crippen molar-refractivity contribution in [3.8, 4) is 0 Å². The Balaban J connectivity index is 1.25.